The van der Waals surface area contributed by atoms with Gasteiger partial charge in [0.15, 0.2) is 0 Å². The predicted molar refractivity (Wildman–Crippen MR) is 61.2 cm³/mol. The molecule has 0 aliphatic heterocycles. The van der Waals surface area contributed by atoms with Gasteiger partial charge in [-0.3, -0.25) is 4.39 Å². The largest absolute Gasteiger partial charge is 0.324 e. The van der Waals surface area contributed by atoms with Crippen LogP contribution < -0.4 is 5.73 Å². The van der Waals surface area contributed by atoms with Crippen LogP contribution in [0.15, 0.2) is 18.2 Å². The van der Waals surface area contributed by atoms with Crippen LogP contribution in [-0.4, -0.2) is 6.67 Å². The molecule has 0 aliphatic carbocycles. The molecule has 0 aromatic heterocycles. The van der Waals surface area contributed by atoms with E-state index < -0.39 is 6.67 Å². The molecule has 5 heteroatoms. The van der Waals surface area contributed by atoms with Gasteiger partial charge in [0, 0.05) is 6.04 Å². The molecule has 0 spiro atoms. The van der Waals surface area contributed by atoms with Crippen LogP contribution in [-0.2, 0) is 0 Å². The van der Waals surface area contributed by atoms with Gasteiger partial charge < -0.3 is 5.73 Å². The lowest BCUT2D eigenvalue weighted by molar-refractivity contribution is 0.442. The average molecular weight is 259 g/mol. The number of nitrogens with two attached hydrogens (primary N) is 1. The predicted octanol–water partition coefficient (Wildman–Crippen LogP) is 3.77. The summed E-state index contributed by atoms with van der Waals surface area (Å²) in [5.41, 5.74) is 6.49. The molecule has 1 aromatic rings. The first-order valence-electron chi connectivity index (χ1n) is 3.91. The Morgan fingerprint density at radius 2 is 1.93 bits per heavy atom. The van der Waals surface area contributed by atoms with Gasteiger partial charge >= 0.3 is 0 Å². The molecular formula is C9H11Cl3FN. The standard InChI is InChI=1S/C9H10Cl2FN.ClH/c10-7-2-1-6(5-8(7)11)9(13)3-4-12;/h1-2,5,9H,3-4,13H2;1H/t9-;/m0./s1. The highest BCUT2D eigenvalue weighted by Crippen LogP contribution is 2.25. The van der Waals surface area contributed by atoms with Gasteiger partial charge in [0.25, 0.3) is 0 Å². The lowest BCUT2D eigenvalue weighted by atomic mass is 10.1. The summed E-state index contributed by atoms with van der Waals surface area (Å²) in [7, 11) is 0. The van der Waals surface area contributed by atoms with Gasteiger partial charge in [-0.1, -0.05) is 29.3 Å². The van der Waals surface area contributed by atoms with Gasteiger partial charge in [0.1, 0.15) is 0 Å². The Morgan fingerprint density at radius 1 is 1.29 bits per heavy atom. The van der Waals surface area contributed by atoms with Gasteiger partial charge in [-0.2, -0.15) is 0 Å². The molecular weight excluding hydrogens is 247 g/mol. The Kier molecular flexibility index (Phi) is 6.45. The third-order valence-electron chi connectivity index (χ3n) is 1.79. The van der Waals surface area contributed by atoms with E-state index in [1.54, 1.807) is 18.2 Å². The van der Waals surface area contributed by atoms with E-state index in [1.807, 2.05) is 0 Å². The molecule has 0 unspecified atom stereocenters. The molecule has 1 rings (SSSR count). The lowest BCUT2D eigenvalue weighted by Crippen LogP contribution is -2.10. The molecule has 0 bridgehead atoms. The SMILES string of the molecule is Cl.N[C@@H](CCF)c1ccc(Cl)c(Cl)c1. The maximum Gasteiger partial charge on any atom is 0.0912 e. The van der Waals surface area contributed by atoms with Crippen LogP contribution >= 0.6 is 35.6 Å². The first kappa shape index (κ1) is 14.0. The molecule has 0 saturated carbocycles. The van der Waals surface area contributed by atoms with E-state index >= 15 is 0 Å². The summed E-state index contributed by atoms with van der Waals surface area (Å²) >= 11 is 11.5. The summed E-state index contributed by atoms with van der Waals surface area (Å²) in [6, 6.07) is 4.79. The van der Waals surface area contributed by atoms with Crippen molar-refractivity contribution in [2.45, 2.75) is 12.5 Å². The molecule has 1 aromatic carbocycles. The maximum atomic E-state index is 12.0. The topological polar surface area (TPSA) is 26.0 Å². The molecule has 0 radical (unpaired) electrons. The minimum absolute atomic E-state index is 0. The maximum absolute atomic E-state index is 12.0. The second-order valence-corrected chi connectivity index (χ2v) is 3.57. The minimum atomic E-state index is -0.429. The molecule has 0 heterocycles. The van der Waals surface area contributed by atoms with Crippen LogP contribution in [0, 0.1) is 0 Å². The van der Waals surface area contributed by atoms with E-state index in [9.17, 15) is 4.39 Å². The van der Waals surface area contributed by atoms with Gasteiger partial charge in [-0.05, 0) is 24.1 Å². The van der Waals surface area contributed by atoms with Gasteiger partial charge in [0.05, 0.1) is 16.7 Å². The van der Waals surface area contributed by atoms with Crippen LogP contribution in [0.4, 0.5) is 4.39 Å². The quantitative estimate of drug-likeness (QED) is 0.877. The Hall–Kier alpha value is -0.0200. The zero-order chi connectivity index (χ0) is 9.84. The summed E-state index contributed by atoms with van der Waals surface area (Å²) in [6.45, 7) is -0.429. The van der Waals surface area contributed by atoms with Crippen molar-refractivity contribution >= 4 is 35.6 Å². The summed E-state index contributed by atoms with van der Waals surface area (Å²) < 4.78 is 12.0. The number of benzene rings is 1. The van der Waals surface area contributed by atoms with Crippen molar-refractivity contribution in [2.24, 2.45) is 5.73 Å². The first-order chi connectivity index (χ1) is 6.15. The van der Waals surface area contributed by atoms with E-state index in [-0.39, 0.29) is 18.4 Å². The summed E-state index contributed by atoms with van der Waals surface area (Å²) in [6.07, 6.45) is 0.304. The molecule has 0 fully saturated rings. The summed E-state index contributed by atoms with van der Waals surface area (Å²) in [4.78, 5) is 0. The smallest absolute Gasteiger partial charge is 0.0912 e. The zero-order valence-electron chi connectivity index (χ0n) is 7.34. The second kappa shape index (κ2) is 6.46. The third kappa shape index (κ3) is 3.62. The Bertz CT molecular complexity index is 293. The number of halogens is 4. The van der Waals surface area contributed by atoms with Crippen molar-refractivity contribution in [1.29, 1.82) is 0 Å². The molecule has 14 heavy (non-hydrogen) atoms. The van der Waals surface area contributed by atoms with Crippen molar-refractivity contribution in [3.8, 4) is 0 Å². The van der Waals surface area contributed by atoms with Crippen LogP contribution in [0.25, 0.3) is 0 Å². The van der Waals surface area contributed by atoms with Gasteiger partial charge in [-0.25, -0.2) is 0 Å². The van der Waals surface area contributed by atoms with Gasteiger partial charge in [-0.15, -0.1) is 12.4 Å². The molecule has 1 atom stereocenters. The molecule has 1 nitrogen and oxygen atoms in total. The summed E-state index contributed by atoms with van der Waals surface area (Å²) in [5, 5.41) is 0.936. The van der Waals surface area contributed by atoms with Crippen molar-refractivity contribution in [2.75, 3.05) is 6.67 Å². The fraction of sp³-hybridized carbons (Fsp3) is 0.333. The molecule has 0 saturated heterocycles. The molecule has 2 N–H and O–H groups in total. The highest BCUT2D eigenvalue weighted by Gasteiger charge is 2.07. The number of hydrogen-bond donors (Lipinski definition) is 1. The lowest BCUT2D eigenvalue weighted by Gasteiger charge is -2.10. The third-order valence-corrected chi connectivity index (χ3v) is 2.53. The first-order valence-corrected chi connectivity index (χ1v) is 4.67. The second-order valence-electron chi connectivity index (χ2n) is 2.76. The van der Waals surface area contributed by atoms with Crippen molar-refractivity contribution < 1.29 is 4.39 Å². The highest BCUT2D eigenvalue weighted by atomic mass is 35.5. The van der Waals surface area contributed by atoms with Crippen molar-refractivity contribution in [3.05, 3.63) is 33.8 Å². The zero-order valence-corrected chi connectivity index (χ0v) is 9.67. The van der Waals surface area contributed by atoms with Crippen molar-refractivity contribution in [1.82, 2.24) is 0 Å². The monoisotopic (exact) mass is 257 g/mol. The average Bonchev–Trinajstić information content (AvgIpc) is 2.10. The number of rotatable bonds is 3. The van der Waals surface area contributed by atoms with E-state index in [0.717, 1.165) is 5.56 Å². The van der Waals surface area contributed by atoms with Crippen LogP contribution in [0.5, 0.6) is 0 Å². The highest BCUT2D eigenvalue weighted by molar-refractivity contribution is 6.42. The molecule has 80 valence electrons. The van der Waals surface area contributed by atoms with E-state index in [0.29, 0.717) is 16.5 Å². The van der Waals surface area contributed by atoms with Gasteiger partial charge in [0.2, 0.25) is 0 Å². The number of alkyl halides is 1. The summed E-state index contributed by atoms with van der Waals surface area (Å²) in [5.74, 6) is 0. The molecule has 0 aliphatic rings. The van der Waals surface area contributed by atoms with Crippen LogP contribution in [0.2, 0.25) is 10.0 Å². The van der Waals surface area contributed by atoms with Crippen LogP contribution in [0.1, 0.15) is 18.0 Å². The number of hydrogen-bond acceptors (Lipinski definition) is 1. The Balaban J connectivity index is 0.00000169. The van der Waals surface area contributed by atoms with Crippen LogP contribution in [0.3, 0.4) is 0 Å². The van der Waals surface area contributed by atoms with E-state index in [4.69, 9.17) is 28.9 Å². The van der Waals surface area contributed by atoms with E-state index in [2.05, 4.69) is 0 Å². The fourth-order valence-corrected chi connectivity index (χ4v) is 1.33. The fourth-order valence-electron chi connectivity index (χ4n) is 1.03. The normalized spacial score (nSPS) is 12.0. The Labute approximate surface area is 98.8 Å². The van der Waals surface area contributed by atoms with Crippen molar-refractivity contribution in [3.63, 3.8) is 0 Å². The Morgan fingerprint density at radius 3 is 2.43 bits per heavy atom. The van der Waals surface area contributed by atoms with E-state index in [1.165, 1.54) is 0 Å². The molecule has 0 amide bonds. The minimum Gasteiger partial charge on any atom is -0.324 e.